The number of nitrogens with zero attached hydrogens (tertiary/aromatic N) is 3. The number of aromatic amines is 1. The van der Waals surface area contributed by atoms with Crippen molar-refractivity contribution in [2.24, 2.45) is 0 Å². The summed E-state index contributed by atoms with van der Waals surface area (Å²) in [4.78, 5) is 14.2. The number of hydrogen-bond acceptors (Lipinski definition) is 7. The number of methoxy groups -OCH3 is 2. The number of sulfonamides is 1. The number of carbonyl (C=O) groups excluding carboxylic acids is 1. The minimum absolute atomic E-state index is 0.0115. The predicted octanol–water partition coefficient (Wildman–Crippen LogP) is 1.28. The van der Waals surface area contributed by atoms with Crippen LogP contribution in [0.1, 0.15) is 23.0 Å². The Kier molecular flexibility index (Phi) is 5.90. The van der Waals surface area contributed by atoms with Gasteiger partial charge in [0.2, 0.25) is 5.03 Å². The molecule has 1 fully saturated rings. The number of anilines is 1. The van der Waals surface area contributed by atoms with Gasteiger partial charge in [-0.05, 0) is 30.7 Å². The number of ether oxygens (including phenoxy) is 2. The van der Waals surface area contributed by atoms with Crippen molar-refractivity contribution in [3.8, 4) is 5.75 Å². The highest BCUT2D eigenvalue weighted by Crippen LogP contribution is 2.25. The highest BCUT2D eigenvalue weighted by Gasteiger charge is 2.36. The molecule has 1 aromatic heterocycles. The zero-order chi connectivity index (χ0) is 20.3. The van der Waals surface area contributed by atoms with Gasteiger partial charge in [-0.2, -0.15) is 9.40 Å². The van der Waals surface area contributed by atoms with Crippen LogP contribution in [-0.2, 0) is 21.2 Å². The van der Waals surface area contributed by atoms with E-state index in [0.717, 1.165) is 11.4 Å². The van der Waals surface area contributed by atoms with Crippen molar-refractivity contribution in [3.63, 3.8) is 0 Å². The minimum Gasteiger partial charge on any atom is -0.497 e. The first-order valence-electron chi connectivity index (χ1n) is 8.97. The summed E-state index contributed by atoms with van der Waals surface area (Å²) in [5, 5.41) is 6.30. The molecule has 2 aromatic rings. The molecule has 0 unspecified atom stereocenters. The Morgan fingerprint density at radius 1 is 1.14 bits per heavy atom. The Morgan fingerprint density at radius 3 is 2.32 bits per heavy atom. The molecule has 9 nitrogen and oxygen atoms in total. The van der Waals surface area contributed by atoms with Crippen LogP contribution in [0.4, 0.5) is 5.69 Å². The van der Waals surface area contributed by atoms with Crippen LogP contribution in [0.15, 0.2) is 29.3 Å². The Bertz CT molecular complexity index is 931. The van der Waals surface area contributed by atoms with Gasteiger partial charge in [0, 0.05) is 31.9 Å². The maximum Gasteiger partial charge on any atom is 0.342 e. The van der Waals surface area contributed by atoms with Crippen LogP contribution in [0.2, 0.25) is 0 Å². The second-order valence-corrected chi connectivity index (χ2v) is 8.17. The highest BCUT2D eigenvalue weighted by molar-refractivity contribution is 7.89. The largest absolute Gasteiger partial charge is 0.497 e. The molecule has 1 aliphatic rings. The molecule has 0 aliphatic carbocycles. The number of nitrogens with one attached hydrogen (secondary N) is 1. The van der Waals surface area contributed by atoms with E-state index in [1.165, 1.54) is 11.4 Å². The monoisotopic (exact) mass is 408 g/mol. The molecule has 0 bridgehead atoms. The Balaban J connectivity index is 1.78. The van der Waals surface area contributed by atoms with Gasteiger partial charge in [0.1, 0.15) is 11.3 Å². The van der Waals surface area contributed by atoms with Gasteiger partial charge in [0.25, 0.3) is 10.0 Å². The van der Waals surface area contributed by atoms with Crippen LogP contribution < -0.4 is 9.64 Å². The summed E-state index contributed by atoms with van der Waals surface area (Å²) in [6, 6.07) is 7.63. The molecular formula is C18H24N4O5S. The van der Waals surface area contributed by atoms with Crippen LogP contribution in [-0.4, -0.2) is 69.3 Å². The normalized spacial score (nSPS) is 15.5. The van der Waals surface area contributed by atoms with Crippen LogP contribution in [0, 0.1) is 0 Å². The van der Waals surface area contributed by atoms with Crippen molar-refractivity contribution in [2.75, 3.05) is 45.3 Å². The molecular weight excluding hydrogens is 384 g/mol. The van der Waals surface area contributed by atoms with Gasteiger partial charge >= 0.3 is 5.97 Å². The lowest BCUT2D eigenvalue weighted by atomic mass is 10.2. The average Bonchev–Trinajstić information content (AvgIpc) is 3.18. The topological polar surface area (TPSA) is 105 Å². The summed E-state index contributed by atoms with van der Waals surface area (Å²) in [6.07, 6.45) is 0.443. The SMILES string of the molecule is CCc1[nH]nc(S(=O)(=O)N2CCN(c3ccc(OC)cc3)CC2)c1C(=O)OC. The molecule has 1 aliphatic heterocycles. The fourth-order valence-electron chi connectivity index (χ4n) is 3.22. The van der Waals surface area contributed by atoms with E-state index in [4.69, 9.17) is 9.47 Å². The van der Waals surface area contributed by atoms with Crippen LogP contribution in [0.3, 0.4) is 0 Å². The van der Waals surface area contributed by atoms with Gasteiger partial charge in [-0.15, -0.1) is 0 Å². The van der Waals surface area contributed by atoms with E-state index in [1.54, 1.807) is 7.11 Å². The molecule has 28 heavy (non-hydrogen) atoms. The number of carbonyl (C=O) groups is 1. The van der Waals surface area contributed by atoms with Gasteiger partial charge in [0.15, 0.2) is 0 Å². The Labute approximate surface area is 164 Å². The summed E-state index contributed by atoms with van der Waals surface area (Å²) in [6.45, 7) is 3.46. The van der Waals surface area contributed by atoms with E-state index in [1.807, 2.05) is 31.2 Å². The van der Waals surface area contributed by atoms with E-state index >= 15 is 0 Å². The lowest BCUT2D eigenvalue weighted by Crippen LogP contribution is -2.49. The lowest BCUT2D eigenvalue weighted by molar-refractivity contribution is 0.0595. The predicted molar refractivity (Wildman–Crippen MR) is 103 cm³/mol. The maximum absolute atomic E-state index is 13.1. The van der Waals surface area contributed by atoms with Crippen molar-refractivity contribution in [1.82, 2.24) is 14.5 Å². The molecule has 2 heterocycles. The molecule has 0 radical (unpaired) electrons. The summed E-state index contributed by atoms with van der Waals surface area (Å²) >= 11 is 0. The molecule has 1 saturated heterocycles. The van der Waals surface area contributed by atoms with Gasteiger partial charge in [0.05, 0.1) is 19.9 Å². The Hall–Kier alpha value is -2.59. The molecule has 0 atom stereocenters. The minimum atomic E-state index is -3.91. The third kappa shape index (κ3) is 3.69. The second kappa shape index (κ2) is 8.19. The number of aromatic nitrogens is 2. The van der Waals surface area contributed by atoms with Crippen LogP contribution >= 0.6 is 0 Å². The maximum atomic E-state index is 13.1. The zero-order valence-corrected chi connectivity index (χ0v) is 17.0. The van der Waals surface area contributed by atoms with Gasteiger partial charge < -0.3 is 14.4 Å². The molecule has 1 N–H and O–H groups in total. The number of H-pyrrole nitrogens is 1. The second-order valence-electron chi connectivity index (χ2n) is 6.32. The van der Waals surface area contributed by atoms with Crippen molar-refractivity contribution < 1.29 is 22.7 Å². The van der Waals surface area contributed by atoms with Crippen molar-refractivity contribution >= 4 is 21.7 Å². The molecule has 0 saturated carbocycles. The number of rotatable bonds is 6. The summed E-state index contributed by atoms with van der Waals surface area (Å²) in [7, 11) is -1.08. The molecule has 0 spiro atoms. The van der Waals surface area contributed by atoms with Crippen molar-refractivity contribution in [3.05, 3.63) is 35.5 Å². The molecule has 152 valence electrons. The summed E-state index contributed by atoms with van der Waals surface area (Å²) in [5.74, 6) is 0.0617. The summed E-state index contributed by atoms with van der Waals surface area (Å²) in [5.41, 5.74) is 1.44. The number of benzene rings is 1. The van der Waals surface area contributed by atoms with E-state index in [9.17, 15) is 13.2 Å². The van der Waals surface area contributed by atoms with Crippen molar-refractivity contribution in [2.45, 2.75) is 18.4 Å². The third-order valence-electron chi connectivity index (χ3n) is 4.81. The third-order valence-corrected chi connectivity index (χ3v) is 6.64. The van der Waals surface area contributed by atoms with Crippen molar-refractivity contribution in [1.29, 1.82) is 0 Å². The highest BCUT2D eigenvalue weighted by atomic mass is 32.2. The number of aryl methyl sites for hydroxylation is 1. The fraction of sp³-hybridized carbons (Fsp3) is 0.444. The zero-order valence-electron chi connectivity index (χ0n) is 16.1. The molecule has 10 heteroatoms. The van der Waals surface area contributed by atoms with E-state index < -0.39 is 16.0 Å². The first-order chi connectivity index (χ1) is 13.4. The van der Waals surface area contributed by atoms with Gasteiger partial charge in [-0.3, -0.25) is 5.10 Å². The number of hydrogen-bond donors (Lipinski definition) is 1. The van der Waals surface area contributed by atoms with E-state index in [2.05, 4.69) is 15.1 Å². The molecule has 1 aromatic carbocycles. The first-order valence-corrected chi connectivity index (χ1v) is 10.4. The molecule has 3 rings (SSSR count). The average molecular weight is 408 g/mol. The quantitative estimate of drug-likeness (QED) is 0.718. The van der Waals surface area contributed by atoms with Gasteiger partial charge in [-0.25, -0.2) is 13.2 Å². The number of piperazine rings is 1. The van der Waals surface area contributed by atoms with Gasteiger partial charge in [-0.1, -0.05) is 6.92 Å². The molecule has 0 amide bonds. The first kappa shape index (κ1) is 20.2. The fourth-order valence-corrected chi connectivity index (χ4v) is 4.73. The van der Waals surface area contributed by atoms with E-state index in [0.29, 0.717) is 38.3 Å². The lowest BCUT2D eigenvalue weighted by Gasteiger charge is -2.35. The van der Waals surface area contributed by atoms with E-state index in [-0.39, 0.29) is 10.6 Å². The van der Waals surface area contributed by atoms with Crippen LogP contribution in [0.5, 0.6) is 5.75 Å². The standard InChI is InChI=1S/C18H24N4O5S/c1-4-15-16(18(23)27-3)17(20-19-15)28(24,25)22-11-9-21(10-12-22)13-5-7-14(26-2)8-6-13/h5-8H,4,9-12H2,1-3H3,(H,19,20). The summed E-state index contributed by atoms with van der Waals surface area (Å²) < 4.78 is 37.4. The van der Waals surface area contributed by atoms with Crippen LogP contribution in [0.25, 0.3) is 0 Å². The number of esters is 1. The smallest absolute Gasteiger partial charge is 0.342 e. The Morgan fingerprint density at radius 2 is 1.79 bits per heavy atom.